The van der Waals surface area contributed by atoms with Crippen molar-refractivity contribution >= 4 is 5.69 Å². The molecule has 0 aromatic heterocycles. The van der Waals surface area contributed by atoms with Gasteiger partial charge in [0, 0.05) is 32.4 Å². The van der Waals surface area contributed by atoms with E-state index in [1.165, 1.54) is 49.0 Å². The summed E-state index contributed by atoms with van der Waals surface area (Å²) in [6.07, 6.45) is 4.87. The van der Waals surface area contributed by atoms with Crippen molar-refractivity contribution in [3.63, 3.8) is 0 Å². The zero-order valence-electron chi connectivity index (χ0n) is 12.7. The highest BCUT2D eigenvalue weighted by molar-refractivity contribution is 5.54. The normalized spacial score (nSPS) is 26.9. The first kappa shape index (κ1) is 13.9. The monoisotopic (exact) mass is 274 g/mol. The zero-order valence-corrected chi connectivity index (χ0v) is 12.7. The quantitative estimate of drug-likeness (QED) is 0.917. The van der Waals surface area contributed by atoms with Crippen LogP contribution in [0.3, 0.4) is 0 Å². The first-order valence-corrected chi connectivity index (χ1v) is 7.82. The Labute approximate surface area is 122 Å². The maximum atomic E-state index is 5.69. The summed E-state index contributed by atoms with van der Waals surface area (Å²) in [5, 5.41) is 3.48. The van der Waals surface area contributed by atoms with E-state index < -0.39 is 0 Å². The summed E-state index contributed by atoms with van der Waals surface area (Å²) in [5.41, 5.74) is 4.29. The molecule has 0 bridgehead atoms. The number of benzene rings is 1. The number of fused-ring (bicyclic) bond motifs is 1. The van der Waals surface area contributed by atoms with Crippen molar-refractivity contribution in [3.05, 3.63) is 29.3 Å². The molecule has 0 spiro atoms. The Bertz CT molecular complexity index is 474. The summed E-state index contributed by atoms with van der Waals surface area (Å²) in [6, 6.07) is 6.92. The fourth-order valence-electron chi connectivity index (χ4n) is 3.49. The topological polar surface area (TPSA) is 24.5 Å². The summed E-state index contributed by atoms with van der Waals surface area (Å²) in [5.74, 6) is 0. The van der Waals surface area contributed by atoms with Gasteiger partial charge in [0.2, 0.25) is 0 Å². The molecule has 1 fully saturated rings. The molecule has 110 valence electrons. The van der Waals surface area contributed by atoms with Crippen molar-refractivity contribution in [2.45, 2.75) is 44.8 Å². The molecule has 2 aliphatic heterocycles. The minimum Gasteiger partial charge on any atom is -0.385 e. The van der Waals surface area contributed by atoms with Crippen LogP contribution in [0.25, 0.3) is 0 Å². The van der Waals surface area contributed by atoms with Gasteiger partial charge in [0.15, 0.2) is 0 Å². The van der Waals surface area contributed by atoms with E-state index >= 15 is 0 Å². The predicted molar refractivity (Wildman–Crippen MR) is 83.2 cm³/mol. The maximum Gasteiger partial charge on any atom is 0.0777 e. The fourth-order valence-corrected chi connectivity index (χ4v) is 3.49. The van der Waals surface area contributed by atoms with Gasteiger partial charge in [-0.3, -0.25) is 4.90 Å². The van der Waals surface area contributed by atoms with Gasteiger partial charge < -0.3 is 10.1 Å². The molecule has 1 unspecified atom stereocenters. The van der Waals surface area contributed by atoms with Crippen molar-refractivity contribution in [2.24, 2.45) is 0 Å². The molecular formula is C17H26N2O. The van der Waals surface area contributed by atoms with Gasteiger partial charge >= 0.3 is 0 Å². The summed E-state index contributed by atoms with van der Waals surface area (Å²) in [4.78, 5) is 2.53. The van der Waals surface area contributed by atoms with E-state index in [0.717, 1.165) is 19.6 Å². The van der Waals surface area contributed by atoms with Crippen molar-refractivity contribution in [1.82, 2.24) is 4.90 Å². The highest BCUT2D eigenvalue weighted by Crippen LogP contribution is 2.27. The molecule has 1 atom stereocenters. The molecule has 1 N–H and O–H groups in total. The average molecular weight is 274 g/mol. The first-order valence-electron chi connectivity index (χ1n) is 7.82. The highest BCUT2D eigenvalue weighted by Gasteiger charge is 2.30. The van der Waals surface area contributed by atoms with Crippen LogP contribution in [0.4, 0.5) is 5.69 Å². The van der Waals surface area contributed by atoms with Crippen molar-refractivity contribution in [1.29, 1.82) is 0 Å². The number of aryl methyl sites for hydroxylation is 1. The van der Waals surface area contributed by atoms with Crippen molar-refractivity contribution in [2.75, 3.05) is 32.1 Å². The van der Waals surface area contributed by atoms with E-state index in [1.807, 2.05) is 7.11 Å². The number of methoxy groups -OCH3 is 1. The van der Waals surface area contributed by atoms with Gasteiger partial charge in [0.05, 0.1) is 5.60 Å². The Hall–Kier alpha value is -1.06. The fraction of sp³-hybridized carbons (Fsp3) is 0.647. The van der Waals surface area contributed by atoms with Crippen molar-refractivity contribution in [3.8, 4) is 0 Å². The Morgan fingerprint density at radius 1 is 1.35 bits per heavy atom. The van der Waals surface area contributed by atoms with Crippen LogP contribution in [0.15, 0.2) is 18.2 Å². The lowest BCUT2D eigenvalue weighted by Crippen LogP contribution is -2.46. The van der Waals surface area contributed by atoms with Crippen LogP contribution < -0.4 is 5.32 Å². The molecule has 3 heteroatoms. The van der Waals surface area contributed by atoms with Gasteiger partial charge in [0.25, 0.3) is 0 Å². The van der Waals surface area contributed by atoms with Gasteiger partial charge in [-0.25, -0.2) is 0 Å². The van der Waals surface area contributed by atoms with Gasteiger partial charge in [-0.1, -0.05) is 12.1 Å². The first-order chi connectivity index (χ1) is 9.68. The third-order valence-corrected chi connectivity index (χ3v) is 4.75. The number of anilines is 1. The number of piperidine rings is 1. The number of nitrogens with zero attached hydrogens (tertiary/aromatic N) is 1. The number of nitrogens with one attached hydrogen (secondary N) is 1. The van der Waals surface area contributed by atoms with Crippen LogP contribution in [-0.2, 0) is 17.7 Å². The molecule has 0 radical (unpaired) electrons. The molecule has 0 aliphatic carbocycles. The van der Waals surface area contributed by atoms with Gasteiger partial charge in [-0.05, 0) is 56.3 Å². The van der Waals surface area contributed by atoms with E-state index in [1.54, 1.807) is 0 Å². The maximum absolute atomic E-state index is 5.69. The largest absolute Gasteiger partial charge is 0.385 e. The third-order valence-electron chi connectivity index (χ3n) is 4.75. The molecule has 3 rings (SSSR count). The SMILES string of the molecule is COC1(C)CCCN(Cc2ccc3c(c2)CCCN3)C1. The van der Waals surface area contributed by atoms with Gasteiger partial charge in [0.1, 0.15) is 0 Å². The average Bonchev–Trinajstić information content (AvgIpc) is 2.47. The minimum atomic E-state index is 0.0357. The molecule has 0 saturated carbocycles. The number of likely N-dealkylation sites (tertiary alicyclic amines) is 1. The molecule has 2 heterocycles. The van der Waals surface area contributed by atoms with E-state index in [0.29, 0.717) is 0 Å². The Balaban J connectivity index is 1.68. The van der Waals surface area contributed by atoms with Gasteiger partial charge in [-0.2, -0.15) is 0 Å². The van der Waals surface area contributed by atoms with Crippen LogP contribution in [-0.4, -0.2) is 37.2 Å². The zero-order chi connectivity index (χ0) is 14.0. The number of hydrogen-bond acceptors (Lipinski definition) is 3. The summed E-state index contributed by atoms with van der Waals surface area (Å²) >= 11 is 0. The lowest BCUT2D eigenvalue weighted by molar-refractivity contribution is -0.0527. The predicted octanol–water partition coefficient (Wildman–Crippen LogP) is 3.05. The van der Waals surface area contributed by atoms with Crippen LogP contribution in [0.2, 0.25) is 0 Å². The van der Waals surface area contributed by atoms with Crippen LogP contribution in [0, 0.1) is 0 Å². The third kappa shape index (κ3) is 2.99. The summed E-state index contributed by atoms with van der Waals surface area (Å²) in [6.45, 7) is 6.62. The lowest BCUT2D eigenvalue weighted by atomic mass is 9.94. The lowest BCUT2D eigenvalue weighted by Gasteiger charge is -2.39. The van der Waals surface area contributed by atoms with Gasteiger partial charge in [-0.15, -0.1) is 0 Å². The van der Waals surface area contributed by atoms with Crippen LogP contribution in [0.5, 0.6) is 0 Å². The van der Waals surface area contributed by atoms with E-state index in [9.17, 15) is 0 Å². The highest BCUT2D eigenvalue weighted by atomic mass is 16.5. The summed E-state index contributed by atoms with van der Waals surface area (Å²) < 4.78 is 5.69. The van der Waals surface area contributed by atoms with Crippen LogP contribution >= 0.6 is 0 Å². The number of rotatable bonds is 3. The smallest absolute Gasteiger partial charge is 0.0777 e. The second kappa shape index (κ2) is 5.74. The molecule has 1 aromatic rings. The van der Waals surface area contributed by atoms with E-state index in [-0.39, 0.29) is 5.60 Å². The Morgan fingerprint density at radius 3 is 3.10 bits per heavy atom. The Kier molecular flexibility index (Phi) is 3.99. The molecular weight excluding hydrogens is 248 g/mol. The Morgan fingerprint density at radius 2 is 2.25 bits per heavy atom. The number of ether oxygens (including phenoxy) is 1. The van der Waals surface area contributed by atoms with Crippen molar-refractivity contribution < 1.29 is 4.74 Å². The molecule has 3 nitrogen and oxygen atoms in total. The molecule has 2 aliphatic rings. The second-order valence-electron chi connectivity index (χ2n) is 6.49. The van der Waals surface area contributed by atoms with E-state index in [2.05, 4.69) is 35.3 Å². The minimum absolute atomic E-state index is 0.0357. The molecule has 20 heavy (non-hydrogen) atoms. The number of hydrogen-bond donors (Lipinski definition) is 1. The molecule has 1 aromatic carbocycles. The summed E-state index contributed by atoms with van der Waals surface area (Å²) in [7, 11) is 1.84. The molecule has 0 amide bonds. The second-order valence-corrected chi connectivity index (χ2v) is 6.49. The molecule has 1 saturated heterocycles. The van der Waals surface area contributed by atoms with E-state index in [4.69, 9.17) is 4.74 Å². The van der Waals surface area contributed by atoms with Crippen LogP contribution in [0.1, 0.15) is 37.3 Å². The standard InChI is InChI=1S/C17H26N2O/c1-17(20-2)8-4-10-19(13-17)12-14-6-7-16-15(11-14)5-3-9-18-16/h6-7,11,18H,3-5,8-10,12-13H2,1-2H3.